The highest BCUT2D eigenvalue weighted by Gasteiger charge is 2.28. The molecule has 4 nitrogen and oxygen atoms in total. The van der Waals surface area contributed by atoms with Gasteiger partial charge in [-0.15, -0.1) is 0 Å². The number of hydrogen-bond acceptors (Lipinski definition) is 4. The molecule has 1 saturated carbocycles. The lowest BCUT2D eigenvalue weighted by molar-refractivity contribution is -0.149. The van der Waals surface area contributed by atoms with Crippen LogP contribution in [0.1, 0.15) is 52.4 Å². The monoisotopic (exact) mass is 269 g/mol. The molecule has 19 heavy (non-hydrogen) atoms. The molecule has 0 aromatic carbocycles. The Hall–Kier alpha value is -0.610. The van der Waals surface area contributed by atoms with E-state index < -0.39 is 0 Å². The summed E-state index contributed by atoms with van der Waals surface area (Å²) in [5.74, 6) is 0.120. The van der Waals surface area contributed by atoms with Gasteiger partial charge >= 0.3 is 5.97 Å². The van der Waals surface area contributed by atoms with Gasteiger partial charge in [0.2, 0.25) is 0 Å². The summed E-state index contributed by atoms with van der Waals surface area (Å²) in [6.07, 6.45) is 7.23. The Morgan fingerprint density at radius 1 is 1.21 bits per heavy atom. The van der Waals surface area contributed by atoms with Crippen LogP contribution in [0.25, 0.3) is 0 Å². The first-order valence-corrected chi connectivity index (χ1v) is 7.74. The predicted octanol–water partition coefficient (Wildman–Crippen LogP) is 2.27. The van der Waals surface area contributed by atoms with E-state index in [-0.39, 0.29) is 11.9 Å². The molecule has 1 saturated heterocycles. The first-order valence-electron chi connectivity index (χ1n) is 7.74. The van der Waals surface area contributed by atoms with E-state index in [1.807, 2.05) is 6.92 Å². The van der Waals surface area contributed by atoms with Gasteiger partial charge in [-0.1, -0.05) is 0 Å². The van der Waals surface area contributed by atoms with Gasteiger partial charge < -0.3 is 14.8 Å². The first-order chi connectivity index (χ1) is 9.19. The Morgan fingerprint density at radius 3 is 2.53 bits per heavy atom. The van der Waals surface area contributed by atoms with Crippen LogP contribution in [0.15, 0.2) is 0 Å². The molecule has 2 fully saturated rings. The second kappa shape index (κ2) is 7.25. The highest BCUT2D eigenvalue weighted by atomic mass is 16.5. The smallest absolute Gasteiger partial charge is 0.308 e. The van der Waals surface area contributed by atoms with E-state index in [2.05, 4.69) is 12.2 Å². The molecule has 0 aromatic heterocycles. The van der Waals surface area contributed by atoms with Crippen molar-refractivity contribution in [3.05, 3.63) is 0 Å². The highest BCUT2D eigenvalue weighted by Crippen LogP contribution is 2.26. The molecule has 0 radical (unpaired) electrons. The number of hydrogen-bond donors (Lipinski definition) is 1. The number of ether oxygens (including phenoxy) is 2. The maximum absolute atomic E-state index is 11.6. The molecular weight excluding hydrogens is 242 g/mol. The third kappa shape index (κ3) is 4.46. The molecule has 4 heteroatoms. The van der Waals surface area contributed by atoms with Crippen molar-refractivity contribution in [2.24, 2.45) is 5.92 Å². The third-order valence-corrected chi connectivity index (χ3v) is 4.30. The summed E-state index contributed by atoms with van der Waals surface area (Å²) >= 11 is 0. The normalized spacial score (nSPS) is 35.3. The largest absolute Gasteiger partial charge is 0.466 e. The van der Waals surface area contributed by atoms with E-state index in [4.69, 9.17) is 9.47 Å². The molecule has 0 bridgehead atoms. The zero-order chi connectivity index (χ0) is 13.7. The van der Waals surface area contributed by atoms with Crippen molar-refractivity contribution in [1.29, 1.82) is 0 Å². The van der Waals surface area contributed by atoms with E-state index in [9.17, 15) is 4.79 Å². The van der Waals surface area contributed by atoms with Gasteiger partial charge in [0.1, 0.15) is 0 Å². The molecule has 2 rings (SSSR count). The second-order valence-electron chi connectivity index (χ2n) is 5.85. The fourth-order valence-electron chi connectivity index (χ4n) is 3.13. The standard InChI is InChI=1S/C15H27NO3/c1-3-18-15(17)12-5-7-13(8-6-12)16-10-14-9-4-11(2)19-14/h11-14,16H,3-10H2,1-2H3. The van der Waals surface area contributed by atoms with Crippen LogP contribution in [-0.4, -0.2) is 37.4 Å². The molecule has 1 heterocycles. The number of carbonyl (C=O) groups is 1. The van der Waals surface area contributed by atoms with Crippen LogP contribution < -0.4 is 5.32 Å². The summed E-state index contributed by atoms with van der Waals surface area (Å²) in [7, 11) is 0. The van der Waals surface area contributed by atoms with Crippen molar-refractivity contribution in [2.75, 3.05) is 13.2 Å². The van der Waals surface area contributed by atoms with Crippen molar-refractivity contribution in [3.8, 4) is 0 Å². The minimum absolute atomic E-state index is 0.00565. The van der Waals surface area contributed by atoms with Crippen LogP contribution in [0.5, 0.6) is 0 Å². The Kier molecular flexibility index (Phi) is 5.64. The molecule has 2 atom stereocenters. The van der Waals surface area contributed by atoms with E-state index in [1.165, 1.54) is 12.8 Å². The van der Waals surface area contributed by atoms with Crippen molar-refractivity contribution in [1.82, 2.24) is 5.32 Å². The van der Waals surface area contributed by atoms with Gasteiger partial charge in [0.25, 0.3) is 0 Å². The Balaban J connectivity index is 1.62. The molecule has 0 aromatic rings. The Morgan fingerprint density at radius 2 is 1.95 bits per heavy atom. The maximum Gasteiger partial charge on any atom is 0.308 e. The van der Waals surface area contributed by atoms with Crippen LogP contribution in [0.3, 0.4) is 0 Å². The van der Waals surface area contributed by atoms with Gasteiger partial charge in [0.15, 0.2) is 0 Å². The van der Waals surface area contributed by atoms with Crippen molar-refractivity contribution in [2.45, 2.75) is 70.6 Å². The molecule has 1 N–H and O–H groups in total. The van der Waals surface area contributed by atoms with Crippen LogP contribution >= 0.6 is 0 Å². The topological polar surface area (TPSA) is 47.6 Å². The Bertz CT molecular complexity index is 287. The zero-order valence-corrected chi connectivity index (χ0v) is 12.2. The number of rotatable bonds is 5. The summed E-state index contributed by atoms with van der Waals surface area (Å²) in [6.45, 7) is 5.46. The summed E-state index contributed by atoms with van der Waals surface area (Å²) in [5, 5.41) is 3.60. The lowest BCUT2D eigenvalue weighted by Crippen LogP contribution is -2.39. The summed E-state index contributed by atoms with van der Waals surface area (Å²) in [6, 6.07) is 0.546. The Labute approximate surface area is 116 Å². The quantitative estimate of drug-likeness (QED) is 0.778. The van der Waals surface area contributed by atoms with E-state index in [0.717, 1.165) is 32.2 Å². The molecule has 2 unspecified atom stereocenters. The SMILES string of the molecule is CCOC(=O)C1CCC(NCC2CCC(C)O2)CC1. The maximum atomic E-state index is 11.6. The molecule has 1 aliphatic heterocycles. The highest BCUT2D eigenvalue weighted by molar-refractivity contribution is 5.72. The lowest BCUT2D eigenvalue weighted by Gasteiger charge is -2.28. The van der Waals surface area contributed by atoms with E-state index in [1.54, 1.807) is 0 Å². The average molecular weight is 269 g/mol. The van der Waals surface area contributed by atoms with Crippen LogP contribution in [-0.2, 0) is 14.3 Å². The van der Waals surface area contributed by atoms with Gasteiger partial charge in [0.05, 0.1) is 24.7 Å². The zero-order valence-electron chi connectivity index (χ0n) is 12.2. The van der Waals surface area contributed by atoms with Gasteiger partial charge in [-0.05, 0) is 52.4 Å². The molecule has 1 aliphatic carbocycles. The van der Waals surface area contributed by atoms with Crippen molar-refractivity contribution < 1.29 is 14.3 Å². The fourth-order valence-corrected chi connectivity index (χ4v) is 3.13. The minimum atomic E-state index is -0.00565. The predicted molar refractivity (Wildman–Crippen MR) is 74.0 cm³/mol. The molecule has 110 valence electrons. The van der Waals surface area contributed by atoms with E-state index >= 15 is 0 Å². The molecule has 2 aliphatic rings. The van der Waals surface area contributed by atoms with Gasteiger partial charge in [-0.2, -0.15) is 0 Å². The molecule has 0 spiro atoms. The first kappa shape index (κ1) is 14.8. The fraction of sp³-hybridized carbons (Fsp3) is 0.933. The van der Waals surface area contributed by atoms with Crippen LogP contribution in [0.2, 0.25) is 0 Å². The van der Waals surface area contributed by atoms with Crippen LogP contribution in [0, 0.1) is 5.92 Å². The van der Waals surface area contributed by atoms with E-state index in [0.29, 0.717) is 24.9 Å². The van der Waals surface area contributed by atoms with Gasteiger partial charge in [-0.3, -0.25) is 4.79 Å². The van der Waals surface area contributed by atoms with Crippen molar-refractivity contribution in [3.63, 3.8) is 0 Å². The molecular formula is C15H27NO3. The van der Waals surface area contributed by atoms with Gasteiger partial charge in [0, 0.05) is 12.6 Å². The van der Waals surface area contributed by atoms with Crippen LogP contribution in [0.4, 0.5) is 0 Å². The van der Waals surface area contributed by atoms with Crippen molar-refractivity contribution >= 4 is 5.97 Å². The summed E-state index contributed by atoms with van der Waals surface area (Å²) in [4.78, 5) is 11.6. The number of nitrogens with one attached hydrogen (secondary N) is 1. The number of carbonyl (C=O) groups excluding carboxylic acids is 1. The number of esters is 1. The second-order valence-corrected chi connectivity index (χ2v) is 5.85. The summed E-state index contributed by atoms with van der Waals surface area (Å²) in [5.41, 5.74) is 0. The minimum Gasteiger partial charge on any atom is -0.466 e. The third-order valence-electron chi connectivity index (χ3n) is 4.30. The lowest BCUT2D eigenvalue weighted by atomic mass is 9.86. The molecule has 0 amide bonds. The van der Waals surface area contributed by atoms with Gasteiger partial charge in [-0.25, -0.2) is 0 Å². The summed E-state index contributed by atoms with van der Waals surface area (Å²) < 4.78 is 10.9. The average Bonchev–Trinajstić information content (AvgIpc) is 2.83.